The summed E-state index contributed by atoms with van der Waals surface area (Å²) in [7, 11) is -1.62. The van der Waals surface area contributed by atoms with Crippen LogP contribution in [0.4, 0.5) is 0 Å². The number of esters is 1. The molecule has 1 aromatic rings. The number of rotatable bonds is 18. The largest absolute Gasteiger partial charge is 0.452 e. The second-order valence-corrected chi connectivity index (χ2v) is 18.3. The molecule has 0 saturated carbocycles. The van der Waals surface area contributed by atoms with E-state index in [2.05, 4.69) is 40.8 Å². The smallest absolute Gasteiger partial charge is 0.345 e. The van der Waals surface area contributed by atoms with Gasteiger partial charge in [0, 0.05) is 20.0 Å². The van der Waals surface area contributed by atoms with Gasteiger partial charge >= 0.3 is 5.97 Å². The van der Waals surface area contributed by atoms with Gasteiger partial charge < -0.3 is 13.9 Å². The fourth-order valence-corrected chi connectivity index (χ4v) is 6.57. The van der Waals surface area contributed by atoms with Crippen LogP contribution >= 0.6 is 0 Å². The van der Waals surface area contributed by atoms with Crippen molar-refractivity contribution in [2.24, 2.45) is 0 Å². The molecule has 218 valence electrons. The third-order valence-corrected chi connectivity index (χ3v) is 13.0. The summed E-state index contributed by atoms with van der Waals surface area (Å²) in [6.07, 6.45) is 19.7. The van der Waals surface area contributed by atoms with Gasteiger partial charge in [-0.15, -0.1) is 0 Å². The molecule has 0 aromatic heterocycles. The lowest BCUT2D eigenvalue weighted by molar-refractivity contribution is -0.127. The topological polar surface area (TPSA) is 44.8 Å². The average Bonchev–Trinajstić information content (AvgIpc) is 2.79. The molecular formula is C33H58O4Si. The Morgan fingerprint density at radius 2 is 1.32 bits per heavy atom. The molecule has 0 N–H and O–H groups in total. The van der Waals surface area contributed by atoms with Gasteiger partial charge in [-0.3, -0.25) is 0 Å². The van der Waals surface area contributed by atoms with Crippen LogP contribution in [0.5, 0.6) is 5.75 Å². The number of cyclic esters (lactones) is 1. The van der Waals surface area contributed by atoms with Gasteiger partial charge in [0.15, 0.2) is 8.32 Å². The Balaban J connectivity index is 1.42. The van der Waals surface area contributed by atoms with Crippen molar-refractivity contribution in [1.29, 1.82) is 0 Å². The number of benzene rings is 1. The predicted molar refractivity (Wildman–Crippen MR) is 163 cm³/mol. The van der Waals surface area contributed by atoms with E-state index in [0.717, 1.165) is 18.4 Å². The molecule has 5 heteroatoms. The van der Waals surface area contributed by atoms with Crippen molar-refractivity contribution in [2.45, 2.75) is 168 Å². The summed E-state index contributed by atoms with van der Waals surface area (Å²) >= 11 is 0. The molecule has 0 radical (unpaired) electrons. The lowest BCUT2D eigenvalue weighted by atomic mass is 9.98. The minimum Gasteiger partial charge on any atom is -0.452 e. The van der Waals surface area contributed by atoms with Crippen LogP contribution in [-0.4, -0.2) is 26.2 Å². The Kier molecular flexibility index (Phi) is 13.4. The summed E-state index contributed by atoms with van der Waals surface area (Å²) in [5.41, 5.74) is 1.68. The van der Waals surface area contributed by atoms with Crippen LogP contribution in [0, 0.1) is 0 Å². The summed E-state index contributed by atoms with van der Waals surface area (Å²) in [5.74, 6) is -0.486. The highest BCUT2D eigenvalue weighted by atomic mass is 28.4. The summed E-state index contributed by atoms with van der Waals surface area (Å²) in [5, 5.41) is 0.302. The van der Waals surface area contributed by atoms with Crippen LogP contribution in [0.3, 0.4) is 0 Å². The van der Waals surface area contributed by atoms with E-state index in [1.54, 1.807) is 13.8 Å². The van der Waals surface area contributed by atoms with Crippen molar-refractivity contribution in [2.75, 3.05) is 0 Å². The molecule has 2 rings (SSSR count). The highest BCUT2D eigenvalue weighted by Gasteiger charge is 2.38. The van der Waals surface area contributed by atoms with Crippen molar-refractivity contribution < 1.29 is 18.7 Å². The third-order valence-electron chi connectivity index (χ3n) is 8.37. The van der Waals surface area contributed by atoms with Crippen molar-refractivity contribution in [3.8, 4) is 5.75 Å². The molecule has 38 heavy (non-hydrogen) atoms. The first kappa shape index (κ1) is 32.9. The first-order valence-corrected chi connectivity index (χ1v) is 18.5. The number of hydrogen-bond donors (Lipinski definition) is 0. The Labute approximate surface area is 235 Å². The highest BCUT2D eigenvalue weighted by molar-refractivity contribution is 6.74. The molecule has 1 aliphatic heterocycles. The van der Waals surface area contributed by atoms with Crippen molar-refractivity contribution in [3.63, 3.8) is 0 Å². The van der Waals surface area contributed by atoms with Crippen LogP contribution in [0.15, 0.2) is 18.2 Å². The molecule has 0 fully saturated rings. The number of carbonyl (C=O) groups excluding carboxylic acids is 1. The molecule has 1 aromatic carbocycles. The lowest BCUT2D eigenvalue weighted by Gasteiger charge is -2.38. The zero-order valence-corrected chi connectivity index (χ0v) is 27.0. The second kappa shape index (κ2) is 15.5. The van der Waals surface area contributed by atoms with E-state index in [1.807, 2.05) is 18.2 Å². The fraction of sp³-hybridized carbons (Fsp3) is 0.788. The first-order valence-electron chi connectivity index (χ1n) is 15.5. The number of carbonyl (C=O) groups is 1. The molecule has 0 saturated heterocycles. The van der Waals surface area contributed by atoms with Crippen molar-refractivity contribution in [1.82, 2.24) is 0 Å². The number of aryl methyl sites for hydroxylation is 1. The van der Waals surface area contributed by atoms with Crippen LogP contribution in [0.25, 0.3) is 0 Å². The third kappa shape index (κ3) is 11.4. The normalized spacial score (nSPS) is 16.1. The minimum absolute atomic E-state index is 0.256. The van der Waals surface area contributed by atoms with E-state index in [4.69, 9.17) is 13.9 Å². The van der Waals surface area contributed by atoms with E-state index in [0.29, 0.717) is 22.5 Å². The van der Waals surface area contributed by atoms with E-state index >= 15 is 0 Å². The molecule has 1 aliphatic rings. The molecular weight excluding hydrogens is 488 g/mol. The Bertz CT molecular complexity index is 840. The predicted octanol–water partition coefficient (Wildman–Crippen LogP) is 10.4. The lowest BCUT2D eigenvalue weighted by Crippen LogP contribution is -2.43. The fourth-order valence-electron chi connectivity index (χ4n) is 5.09. The van der Waals surface area contributed by atoms with E-state index in [-0.39, 0.29) is 5.97 Å². The average molecular weight is 547 g/mol. The van der Waals surface area contributed by atoms with Crippen LogP contribution in [0.2, 0.25) is 18.1 Å². The van der Waals surface area contributed by atoms with Crippen LogP contribution in [0.1, 0.15) is 147 Å². The minimum atomic E-state index is -1.62. The highest BCUT2D eigenvalue weighted by Crippen LogP contribution is 2.38. The van der Waals surface area contributed by atoms with E-state index < -0.39 is 14.1 Å². The maximum atomic E-state index is 12.5. The van der Waals surface area contributed by atoms with Gasteiger partial charge in [-0.05, 0) is 55.9 Å². The standard InChI is InChI=1S/C33H58O4Si/c1-27(37-38(7,8)32(2,3)4)23-20-18-16-14-12-10-9-11-13-15-17-19-21-24-28-25-22-26-29-30(28)31(34)36-33(5,6)35-29/h22,25-27H,9-21,23-24H2,1-8H3/t27-/m1/s1. The van der Waals surface area contributed by atoms with Gasteiger partial charge in [-0.25, -0.2) is 4.79 Å². The van der Waals surface area contributed by atoms with Crippen LogP contribution in [-0.2, 0) is 15.6 Å². The van der Waals surface area contributed by atoms with Crippen LogP contribution < -0.4 is 4.74 Å². The monoisotopic (exact) mass is 546 g/mol. The molecule has 1 atom stereocenters. The molecule has 0 amide bonds. The van der Waals surface area contributed by atoms with Gasteiger partial charge in [-0.1, -0.05) is 110 Å². The maximum Gasteiger partial charge on any atom is 0.345 e. The number of fused-ring (bicyclic) bond motifs is 1. The van der Waals surface area contributed by atoms with Gasteiger partial charge in [0.1, 0.15) is 11.3 Å². The SMILES string of the molecule is C[C@H](CCCCCCCCCCCCCCCc1cccc2c1C(=O)OC(C)(C)O2)O[Si](C)(C)C(C)(C)C. The molecule has 1 heterocycles. The molecule has 0 spiro atoms. The molecule has 0 bridgehead atoms. The Hall–Kier alpha value is -1.33. The molecule has 0 aliphatic carbocycles. The van der Waals surface area contributed by atoms with Gasteiger partial charge in [0.2, 0.25) is 5.79 Å². The zero-order valence-electron chi connectivity index (χ0n) is 26.0. The summed E-state index contributed by atoms with van der Waals surface area (Å²) < 4.78 is 17.8. The quantitative estimate of drug-likeness (QED) is 0.104. The van der Waals surface area contributed by atoms with Gasteiger partial charge in [0.25, 0.3) is 0 Å². The first-order chi connectivity index (χ1) is 17.8. The second-order valence-electron chi connectivity index (χ2n) is 13.5. The summed E-state index contributed by atoms with van der Waals surface area (Å²) in [6.45, 7) is 17.5. The van der Waals surface area contributed by atoms with E-state index in [1.165, 1.54) is 83.5 Å². The van der Waals surface area contributed by atoms with Gasteiger partial charge in [0.05, 0.1) is 0 Å². The van der Waals surface area contributed by atoms with E-state index in [9.17, 15) is 4.79 Å². The number of hydrogen-bond acceptors (Lipinski definition) is 4. The maximum absolute atomic E-state index is 12.5. The van der Waals surface area contributed by atoms with Gasteiger partial charge in [-0.2, -0.15) is 0 Å². The zero-order chi connectivity index (χ0) is 28.2. The summed E-state index contributed by atoms with van der Waals surface area (Å²) in [6, 6.07) is 5.89. The molecule has 4 nitrogen and oxygen atoms in total. The number of unbranched alkanes of at least 4 members (excludes halogenated alkanes) is 12. The number of ether oxygens (including phenoxy) is 2. The molecule has 0 unspecified atom stereocenters. The Morgan fingerprint density at radius 1 is 0.816 bits per heavy atom. The van der Waals surface area contributed by atoms with Crippen molar-refractivity contribution >= 4 is 14.3 Å². The summed E-state index contributed by atoms with van der Waals surface area (Å²) in [4.78, 5) is 12.5. The Morgan fingerprint density at radius 3 is 1.84 bits per heavy atom. The van der Waals surface area contributed by atoms with Crippen molar-refractivity contribution in [3.05, 3.63) is 29.3 Å².